The SMILES string of the molecule is O=C(CSc1nccn(-c2ccccc2)c1=O)Nc1ccccc1C(F)(F)F. The number of alkyl halides is 3. The lowest BCUT2D eigenvalue weighted by atomic mass is 10.1. The highest BCUT2D eigenvalue weighted by Gasteiger charge is 2.33. The Kier molecular flexibility index (Phi) is 5.84. The minimum Gasteiger partial charge on any atom is -0.325 e. The summed E-state index contributed by atoms with van der Waals surface area (Å²) >= 11 is 0.859. The van der Waals surface area contributed by atoms with Gasteiger partial charge in [0.05, 0.1) is 17.0 Å². The van der Waals surface area contributed by atoms with E-state index in [0.717, 1.165) is 17.8 Å². The summed E-state index contributed by atoms with van der Waals surface area (Å²) in [7, 11) is 0. The Morgan fingerprint density at radius 3 is 2.46 bits per heavy atom. The molecular weight excluding hydrogens is 391 g/mol. The molecule has 5 nitrogen and oxygen atoms in total. The van der Waals surface area contributed by atoms with Gasteiger partial charge in [-0.3, -0.25) is 14.2 Å². The highest BCUT2D eigenvalue weighted by molar-refractivity contribution is 7.99. The van der Waals surface area contributed by atoms with Crippen LogP contribution in [0, 0.1) is 0 Å². The van der Waals surface area contributed by atoms with Gasteiger partial charge in [-0.2, -0.15) is 13.2 Å². The van der Waals surface area contributed by atoms with Crippen LogP contribution < -0.4 is 10.9 Å². The molecule has 3 rings (SSSR count). The van der Waals surface area contributed by atoms with E-state index in [1.165, 1.54) is 35.2 Å². The molecule has 1 N–H and O–H groups in total. The number of para-hydroxylation sites is 2. The average Bonchev–Trinajstić information content (AvgIpc) is 2.67. The third-order valence-corrected chi connectivity index (χ3v) is 4.65. The van der Waals surface area contributed by atoms with Crippen LogP contribution >= 0.6 is 11.8 Å². The second-order valence-corrected chi connectivity index (χ2v) is 6.59. The molecule has 144 valence electrons. The summed E-state index contributed by atoms with van der Waals surface area (Å²) < 4.78 is 40.4. The van der Waals surface area contributed by atoms with Crippen LogP contribution in [0.2, 0.25) is 0 Å². The van der Waals surface area contributed by atoms with E-state index in [1.54, 1.807) is 24.3 Å². The Bertz CT molecular complexity index is 1040. The molecule has 2 aromatic carbocycles. The van der Waals surface area contributed by atoms with Gasteiger partial charge in [-0.1, -0.05) is 42.1 Å². The zero-order chi connectivity index (χ0) is 20.1. The fraction of sp³-hybridized carbons (Fsp3) is 0.105. The van der Waals surface area contributed by atoms with Crippen molar-refractivity contribution < 1.29 is 18.0 Å². The molecule has 0 fully saturated rings. The maximum atomic E-state index is 13.0. The molecule has 0 spiro atoms. The van der Waals surface area contributed by atoms with Crippen LogP contribution in [0.3, 0.4) is 0 Å². The summed E-state index contributed by atoms with van der Waals surface area (Å²) in [6.45, 7) is 0. The summed E-state index contributed by atoms with van der Waals surface area (Å²) in [6, 6.07) is 13.6. The van der Waals surface area contributed by atoms with Crippen molar-refractivity contribution in [3.8, 4) is 5.69 Å². The first kappa shape index (κ1) is 19.7. The molecule has 0 radical (unpaired) electrons. The van der Waals surface area contributed by atoms with Gasteiger partial charge in [0.2, 0.25) is 5.91 Å². The van der Waals surface area contributed by atoms with Crippen LogP contribution in [0.4, 0.5) is 18.9 Å². The van der Waals surface area contributed by atoms with Gasteiger partial charge in [0.1, 0.15) is 0 Å². The molecule has 0 bridgehead atoms. The minimum absolute atomic E-state index is 0.0746. The van der Waals surface area contributed by atoms with Crippen LogP contribution in [0.15, 0.2) is 76.8 Å². The van der Waals surface area contributed by atoms with E-state index in [1.807, 2.05) is 6.07 Å². The van der Waals surface area contributed by atoms with E-state index >= 15 is 0 Å². The van der Waals surface area contributed by atoms with Crippen molar-refractivity contribution in [2.45, 2.75) is 11.2 Å². The van der Waals surface area contributed by atoms with Gasteiger partial charge in [0, 0.05) is 18.1 Å². The molecule has 9 heteroatoms. The van der Waals surface area contributed by atoms with Crippen molar-refractivity contribution in [3.63, 3.8) is 0 Å². The van der Waals surface area contributed by atoms with Crippen LogP contribution in [0.1, 0.15) is 5.56 Å². The Hall–Kier alpha value is -3.07. The Labute approximate surface area is 162 Å². The number of rotatable bonds is 5. The van der Waals surface area contributed by atoms with E-state index in [2.05, 4.69) is 10.3 Å². The standard InChI is InChI=1S/C19H14F3N3O2S/c20-19(21,22)14-8-4-5-9-15(14)24-16(26)12-28-17-18(27)25(11-10-23-17)13-6-2-1-3-7-13/h1-11H,12H2,(H,24,26). The number of halogens is 3. The zero-order valence-corrected chi connectivity index (χ0v) is 15.1. The van der Waals surface area contributed by atoms with Crippen LogP contribution in [0.5, 0.6) is 0 Å². The lowest BCUT2D eigenvalue weighted by Gasteiger charge is -2.13. The van der Waals surface area contributed by atoms with Crippen molar-refractivity contribution >= 4 is 23.4 Å². The largest absolute Gasteiger partial charge is 0.418 e. The quantitative estimate of drug-likeness (QED) is 0.652. The number of benzene rings is 2. The number of thioether (sulfide) groups is 1. The fourth-order valence-electron chi connectivity index (χ4n) is 2.44. The maximum absolute atomic E-state index is 13.0. The van der Waals surface area contributed by atoms with Gasteiger partial charge in [0.25, 0.3) is 5.56 Å². The minimum atomic E-state index is -4.58. The number of aromatic nitrogens is 2. The molecule has 1 heterocycles. The van der Waals surface area contributed by atoms with Crippen molar-refractivity contribution in [2.75, 3.05) is 11.1 Å². The number of hydrogen-bond acceptors (Lipinski definition) is 4. The molecule has 28 heavy (non-hydrogen) atoms. The Morgan fingerprint density at radius 1 is 1.07 bits per heavy atom. The molecule has 0 saturated heterocycles. The van der Waals surface area contributed by atoms with E-state index in [9.17, 15) is 22.8 Å². The van der Waals surface area contributed by atoms with Gasteiger partial charge in [-0.05, 0) is 24.3 Å². The third-order valence-electron chi connectivity index (χ3n) is 3.69. The van der Waals surface area contributed by atoms with Crippen molar-refractivity contribution in [3.05, 3.63) is 82.9 Å². The summed E-state index contributed by atoms with van der Waals surface area (Å²) in [5.74, 6) is -0.925. The number of carbonyl (C=O) groups excluding carboxylic acids is 1. The second kappa shape index (κ2) is 8.30. The van der Waals surface area contributed by atoms with Crippen molar-refractivity contribution in [1.29, 1.82) is 0 Å². The maximum Gasteiger partial charge on any atom is 0.418 e. The van der Waals surface area contributed by atoms with Crippen molar-refractivity contribution in [1.82, 2.24) is 9.55 Å². The number of anilines is 1. The van der Waals surface area contributed by atoms with Gasteiger partial charge < -0.3 is 5.32 Å². The molecule has 0 saturated carbocycles. The summed E-state index contributed by atoms with van der Waals surface area (Å²) in [4.78, 5) is 28.6. The first-order valence-corrected chi connectivity index (χ1v) is 9.07. The Morgan fingerprint density at radius 2 is 1.75 bits per heavy atom. The van der Waals surface area contributed by atoms with Crippen LogP contribution in [0.25, 0.3) is 5.69 Å². The summed E-state index contributed by atoms with van der Waals surface area (Å²) in [5, 5.41) is 2.31. The van der Waals surface area contributed by atoms with E-state index in [0.29, 0.717) is 5.69 Å². The smallest absolute Gasteiger partial charge is 0.325 e. The topological polar surface area (TPSA) is 64.0 Å². The lowest BCUT2D eigenvalue weighted by molar-refractivity contribution is -0.137. The predicted octanol–water partition coefficient (Wildman–Crippen LogP) is 3.98. The lowest BCUT2D eigenvalue weighted by Crippen LogP contribution is -2.22. The molecule has 0 aliphatic rings. The van der Waals surface area contributed by atoms with Gasteiger partial charge in [0.15, 0.2) is 5.03 Å². The van der Waals surface area contributed by atoms with Gasteiger partial charge in [-0.15, -0.1) is 0 Å². The third kappa shape index (κ3) is 4.61. The van der Waals surface area contributed by atoms with Crippen LogP contribution in [-0.4, -0.2) is 21.2 Å². The van der Waals surface area contributed by atoms with E-state index < -0.39 is 23.2 Å². The van der Waals surface area contributed by atoms with E-state index in [-0.39, 0.29) is 16.5 Å². The first-order valence-electron chi connectivity index (χ1n) is 8.08. The van der Waals surface area contributed by atoms with Crippen molar-refractivity contribution in [2.24, 2.45) is 0 Å². The molecule has 0 aliphatic carbocycles. The molecule has 0 aliphatic heterocycles. The first-order chi connectivity index (χ1) is 13.4. The summed E-state index contributed by atoms with van der Waals surface area (Å²) in [6.07, 6.45) is -1.66. The number of carbonyl (C=O) groups is 1. The van der Waals surface area contributed by atoms with Crippen LogP contribution in [-0.2, 0) is 11.0 Å². The number of amides is 1. The molecule has 3 aromatic rings. The fourth-order valence-corrected chi connectivity index (χ4v) is 3.14. The normalized spacial score (nSPS) is 11.2. The van der Waals surface area contributed by atoms with E-state index in [4.69, 9.17) is 0 Å². The molecular formula is C19H14F3N3O2S. The van der Waals surface area contributed by atoms with Gasteiger partial charge >= 0.3 is 6.18 Å². The highest BCUT2D eigenvalue weighted by Crippen LogP contribution is 2.34. The number of nitrogens with zero attached hydrogens (tertiary/aromatic N) is 2. The second-order valence-electron chi connectivity index (χ2n) is 5.62. The average molecular weight is 405 g/mol. The zero-order valence-electron chi connectivity index (χ0n) is 14.3. The monoisotopic (exact) mass is 405 g/mol. The molecule has 1 aromatic heterocycles. The summed E-state index contributed by atoms with van der Waals surface area (Å²) in [5.41, 5.74) is -1.04. The molecule has 0 atom stereocenters. The predicted molar refractivity (Wildman–Crippen MR) is 101 cm³/mol. The number of hydrogen-bond donors (Lipinski definition) is 1. The number of nitrogens with one attached hydrogen (secondary N) is 1. The van der Waals surface area contributed by atoms with Gasteiger partial charge in [-0.25, -0.2) is 4.98 Å². The molecule has 0 unspecified atom stereocenters. The highest BCUT2D eigenvalue weighted by atomic mass is 32.2. The molecule has 1 amide bonds. The Balaban J connectivity index is 1.72.